The van der Waals surface area contributed by atoms with E-state index < -0.39 is 0 Å². The molecule has 2 unspecified atom stereocenters. The highest BCUT2D eigenvalue weighted by Crippen LogP contribution is 2.37. The van der Waals surface area contributed by atoms with Gasteiger partial charge in [-0.05, 0) is 18.9 Å². The summed E-state index contributed by atoms with van der Waals surface area (Å²) in [6.07, 6.45) is 4.88. The van der Waals surface area contributed by atoms with Crippen molar-refractivity contribution in [2.45, 2.75) is 25.4 Å². The molecule has 16 heavy (non-hydrogen) atoms. The van der Waals surface area contributed by atoms with Crippen molar-refractivity contribution in [2.75, 3.05) is 0 Å². The second kappa shape index (κ2) is 3.46. The van der Waals surface area contributed by atoms with Gasteiger partial charge in [-0.15, -0.1) is 0 Å². The van der Waals surface area contributed by atoms with Crippen molar-refractivity contribution in [1.82, 2.24) is 9.55 Å². The predicted molar refractivity (Wildman–Crippen MR) is 64.0 cm³/mol. The summed E-state index contributed by atoms with van der Waals surface area (Å²) < 4.78 is 2.20. The molecule has 2 aromatic rings. The fourth-order valence-corrected chi connectivity index (χ4v) is 2.16. The molecule has 1 aliphatic rings. The van der Waals surface area contributed by atoms with Crippen molar-refractivity contribution in [3.05, 3.63) is 42.4 Å². The Bertz CT molecular complexity index is 515. The van der Waals surface area contributed by atoms with Gasteiger partial charge < -0.3 is 10.3 Å². The van der Waals surface area contributed by atoms with Crippen LogP contribution in [0.5, 0.6) is 0 Å². The molecular formula is C13H15N3. The van der Waals surface area contributed by atoms with Gasteiger partial charge in [-0.1, -0.05) is 24.3 Å². The summed E-state index contributed by atoms with van der Waals surface area (Å²) in [5.74, 6) is 0. The molecule has 0 radical (unpaired) electrons. The van der Waals surface area contributed by atoms with Gasteiger partial charge in [-0.25, -0.2) is 4.98 Å². The fourth-order valence-electron chi connectivity index (χ4n) is 2.16. The van der Waals surface area contributed by atoms with Crippen LogP contribution in [0.15, 0.2) is 36.8 Å². The first-order chi connectivity index (χ1) is 7.77. The minimum absolute atomic E-state index is 0.303. The normalized spacial score (nSPS) is 23.4. The topological polar surface area (TPSA) is 43.8 Å². The van der Waals surface area contributed by atoms with Crippen molar-refractivity contribution in [2.24, 2.45) is 5.73 Å². The third-order valence-electron chi connectivity index (χ3n) is 3.25. The first-order valence-corrected chi connectivity index (χ1v) is 5.61. The van der Waals surface area contributed by atoms with Gasteiger partial charge in [0, 0.05) is 11.6 Å². The molecule has 1 fully saturated rings. The molecule has 1 heterocycles. The van der Waals surface area contributed by atoms with E-state index in [9.17, 15) is 0 Å². The highest BCUT2D eigenvalue weighted by molar-refractivity contribution is 5.63. The summed E-state index contributed by atoms with van der Waals surface area (Å²) in [4.78, 5) is 4.24. The summed E-state index contributed by atoms with van der Waals surface area (Å²) in [6, 6.07) is 9.12. The summed E-state index contributed by atoms with van der Waals surface area (Å²) in [6.45, 7) is 2.12. The molecule has 1 saturated carbocycles. The Morgan fingerprint density at radius 2 is 2.12 bits per heavy atom. The molecule has 0 aliphatic heterocycles. The fraction of sp³-hybridized carbons (Fsp3) is 0.308. The molecule has 0 bridgehead atoms. The molecule has 3 nitrogen and oxygen atoms in total. The Morgan fingerprint density at radius 3 is 2.81 bits per heavy atom. The highest BCUT2D eigenvalue weighted by Gasteiger charge is 2.36. The van der Waals surface area contributed by atoms with Crippen molar-refractivity contribution in [1.29, 1.82) is 0 Å². The number of nitrogens with zero attached hydrogens (tertiary/aromatic N) is 2. The zero-order valence-corrected chi connectivity index (χ0v) is 9.30. The summed E-state index contributed by atoms with van der Waals surface area (Å²) in [7, 11) is 0. The van der Waals surface area contributed by atoms with Gasteiger partial charge in [0.15, 0.2) is 0 Å². The Kier molecular flexibility index (Phi) is 2.07. The van der Waals surface area contributed by atoms with Crippen LogP contribution in [0, 0.1) is 6.92 Å². The van der Waals surface area contributed by atoms with Gasteiger partial charge in [0.05, 0.1) is 24.3 Å². The van der Waals surface area contributed by atoms with Gasteiger partial charge >= 0.3 is 0 Å². The van der Waals surface area contributed by atoms with Gasteiger partial charge in [0.2, 0.25) is 0 Å². The minimum Gasteiger partial charge on any atom is -0.326 e. The van der Waals surface area contributed by atoms with E-state index >= 15 is 0 Å². The van der Waals surface area contributed by atoms with E-state index in [1.54, 1.807) is 0 Å². The summed E-state index contributed by atoms with van der Waals surface area (Å²) in [5, 5.41) is 0. The van der Waals surface area contributed by atoms with Crippen LogP contribution in [0.25, 0.3) is 11.3 Å². The van der Waals surface area contributed by atoms with Crippen molar-refractivity contribution < 1.29 is 0 Å². The lowest BCUT2D eigenvalue weighted by Gasteiger charge is -2.09. The molecule has 1 aromatic heterocycles. The standard InChI is InChI=1S/C13H15N3/c1-9-4-2-3-5-10(9)13-7-15-8-16(13)12-6-11(12)14/h2-5,7-8,11-12H,6,14H2,1H3. The Morgan fingerprint density at radius 1 is 1.38 bits per heavy atom. The largest absolute Gasteiger partial charge is 0.326 e. The van der Waals surface area contributed by atoms with Crippen LogP contribution in [0.4, 0.5) is 0 Å². The van der Waals surface area contributed by atoms with Crippen molar-refractivity contribution in [3.8, 4) is 11.3 Å². The second-order valence-corrected chi connectivity index (χ2v) is 4.47. The lowest BCUT2D eigenvalue weighted by Crippen LogP contribution is -2.06. The number of hydrogen-bond donors (Lipinski definition) is 1. The van der Waals surface area contributed by atoms with E-state index in [4.69, 9.17) is 5.73 Å². The first kappa shape index (κ1) is 9.60. The van der Waals surface area contributed by atoms with Crippen molar-refractivity contribution in [3.63, 3.8) is 0 Å². The van der Waals surface area contributed by atoms with E-state index in [1.165, 1.54) is 16.8 Å². The SMILES string of the molecule is Cc1ccccc1-c1cncn1C1CC1N. The average molecular weight is 213 g/mol. The predicted octanol–water partition coefficient (Wildman–Crippen LogP) is 2.13. The summed E-state index contributed by atoms with van der Waals surface area (Å²) >= 11 is 0. The van der Waals surface area contributed by atoms with Gasteiger partial charge in [0.1, 0.15) is 0 Å². The molecule has 3 rings (SSSR count). The van der Waals surface area contributed by atoms with Crippen LogP contribution >= 0.6 is 0 Å². The number of benzene rings is 1. The Labute approximate surface area is 94.9 Å². The monoisotopic (exact) mass is 213 g/mol. The maximum absolute atomic E-state index is 5.89. The molecule has 82 valence electrons. The van der Waals surface area contributed by atoms with Gasteiger partial charge in [-0.2, -0.15) is 0 Å². The van der Waals surface area contributed by atoms with E-state index in [0.717, 1.165) is 6.42 Å². The van der Waals surface area contributed by atoms with E-state index in [-0.39, 0.29) is 0 Å². The highest BCUT2D eigenvalue weighted by atomic mass is 15.1. The van der Waals surface area contributed by atoms with E-state index in [0.29, 0.717) is 12.1 Å². The molecule has 2 N–H and O–H groups in total. The Balaban J connectivity index is 2.07. The van der Waals surface area contributed by atoms with E-state index in [2.05, 4.69) is 40.7 Å². The first-order valence-electron chi connectivity index (χ1n) is 5.61. The number of aromatic nitrogens is 2. The number of aryl methyl sites for hydroxylation is 1. The van der Waals surface area contributed by atoms with Crippen LogP contribution in [0.1, 0.15) is 18.0 Å². The maximum Gasteiger partial charge on any atom is 0.0954 e. The summed E-state index contributed by atoms with van der Waals surface area (Å²) in [5.41, 5.74) is 9.60. The molecule has 1 aliphatic carbocycles. The molecule has 0 spiro atoms. The average Bonchev–Trinajstić information content (AvgIpc) is 2.82. The Hall–Kier alpha value is -1.61. The lowest BCUT2D eigenvalue weighted by atomic mass is 10.1. The van der Waals surface area contributed by atoms with Crippen LogP contribution in [0.3, 0.4) is 0 Å². The third kappa shape index (κ3) is 1.44. The van der Waals surface area contributed by atoms with Crippen LogP contribution in [0.2, 0.25) is 0 Å². The van der Waals surface area contributed by atoms with Crippen LogP contribution in [-0.2, 0) is 0 Å². The zero-order chi connectivity index (χ0) is 11.1. The van der Waals surface area contributed by atoms with Gasteiger partial charge in [0.25, 0.3) is 0 Å². The number of rotatable bonds is 2. The van der Waals surface area contributed by atoms with Crippen LogP contribution < -0.4 is 5.73 Å². The molecule has 0 amide bonds. The van der Waals surface area contributed by atoms with Crippen LogP contribution in [-0.4, -0.2) is 15.6 Å². The molecule has 2 atom stereocenters. The smallest absolute Gasteiger partial charge is 0.0954 e. The third-order valence-corrected chi connectivity index (χ3v) is 3.25. The van der Waals surface area contributed by atoms with Gasteiger partial charge in [-0.3, -0.25) is 0 Å². The molecule has 3 heteroatoms. The minimum atomic E-state index is 0.303. The maximum atomic E-state index is 5.89. The number of imidazole rings is 1. The molecular weight excluding hydrogens is 198 g/mol. The van der Waals surface area contributed by atoms with Crippen molar-refractivity contribution >= 4 is 0 Å². The number of nitrogens with two attached hydrogens (primary N) is 1. The van der Waals surface area contributed by atoms with E-state index in [1.807, 2.05) is 12.5 Å². The molecule has 1 aromatic carbocycles. The quantitative estimate of drug-likeness (QED) is 0.830. The number of hydrogen-bond acceptors (Lipinski definition) is 2. The second-order valence-electron chi connectivity index (χ2n) is 4.47. The molecule has 0 saturated heterocycles. The lowest BCUT2D eigenvalue weighted by molar-refractivity contribution is 0.718. The zero-order valence-electron chi connectivity index (χ0n) is 9.30.